The van der Waals surface area contributed by atoms with Crippen LogP contribution >= 0.6 is 11.3 Å². The molecule has 0 fully saturated rings. The van der Waals surface area contributed by atoms with Crippen LogP contribution in [0.15, 0.2) is 35.4 Å². The summed E-state index contributed by atoms with van der Waals surface area (Å²) in [6.45, 7) is 2.11. The van der Waals surface area contributed by atoms with E-state index in [1.54, 1.807) is 22.2 Å². The van der Waals surface area contributed by atoms with Crippen LogP contribution in [0.3, 0.4) is 0 Å². The molecule has 1 N–H and O–H groups in total. The molecule has 0 atom stereocenters. The van der Waals surface area contributed by atoms with Gasteiger partial charge in [-0.15, -0.1) is 11.3 Å². The van der Waals surface area contributed by atoms with Crippen molar-refractivity contribution in [1.82, 2.24) is 19.7 Å². The number of aryl methyl sites for hydroxylation is 2. The third-order valence-electron chi connectivity index (χ3n) is 2.99. The summed E-state index contributed by atoms with van der Waals surface area (Å²) < 4.78 is 1.69. The molecule has 0 aliphatic rings. The van der Waals surface area contributed by atoms with E-state index < -0.39 is 0 Å². The zero-order chi connectivity index (χ0) is 14.1. The molecule has 0 aliphatic carbocycles. The lowest BCUT2D eigenvalue weighted by Gasteiger charge is -2.00. The quantitative estimate of drug-likeness (QED) is 0.804. The van der Waals surface area contributed by atoms with Crippen LogP contribution < -0.4 is 5.56 Å². The average molecular weight is 286 g/mol. The van der Waals surface area contributed by atoms with Crippen LogP contribution in [0.5, 0.6) is 0 Å². The highest BCUT2D eigenvalue weighted by atomic mass is 32.1. The minimum Gasteiger partial charge on any atom is -0.306 e. The Balaban J connectivity index is 2.08. The first-order valence-electron chi connectivity index (χ1n) is 6.35. The number of hydrogen-bond acceptors (Lipinski definition) is 4. The van der Waals surface area contributed by atoms with Gasteiger partial charge in [-0.25, -0.2) is 4.98 Å². The summed E-state index contributed by atoms with van der Waals surface area (Å²) in [7, 11) is 1.84. The van der Waals surface area contributed by atoms with E-state index in [1.807, 2.05) is 19.3 Å². The molecule has 0 saturated carbocycles. The Morgan fingerprint density at radius 1 is 1.40 bits per heavy atom. The molecule has 3 aromatic heterocycles. The van der Waals surface area contributed by atoms with Crippen molar-refractivity contribution >= 4 is 11.3 Å². The van der Waals surface area contributed by atoms with Crippen molar-refractivity contribution in [3.63, 3.8) is 0 Å². The van der Waals surface area contributed by atoms with Crippen molar-refractivity contribution in [2.45, 2.75) is 13.3 Å². The summed E-state index contributed by atoms with van der Waals surface area (Å²) in [5.41, 5.74) is 1.33. The van der Waals surface area contributed by atoms with E-state index in [4.69, 9.17) is 0 Å². The minimum atomic E-state index is -0.152. The predicted molar refractivity (Wildman–Crippen MR) is 79.8 cm³/mol. The zero-order valence-electron chi connectivity index (χ0n) is 11.3. The van der Waals surface area contributed by atoms with Gasteiger partial charge in [0.2, 0.25) is 0 Å². The highest BCUT2D eigenvalue weighted by molar-refractivity contribution is 7.15. The Kier molecular flexibility index (Phi) is 3.23. The van der Waals surface area contributed by atoms with Gasteiger partial charge in [0.25, 0.3) is 5.56 Å². The van der Waals surface area contributed by atoms with Crippen molar-refractivity contribution in [3.05, 3.63) is 45.8 Å². The molecule has 6 heteroatoms. The highest BCUT2D eigenvalue weighted by Crippen LogP contribution is 2.26. The third kappa shape index (κ3) is 2.42. The van der Waals surface area contributed by atoms with Crippen LogP contribution in [-0.4, -0.2) is 19.7 Å². The normalized spacial score (nSPS) is 10.9. The molecular formula is C14H14N4OS. The van der Waals surface area contributed by atoms with Gasteiger partial charge in [0, 0.05) is 29.8 Å². The van der Waals surface area contributed by atoms with Gasteiger partial charge in [-0.2, -0.15) is 5.10 Å². The molecule has 3 rings (SSSR count). The SMILES string of the molecule is CCc1ccc(-c2nc(-c3cnn(C)c3)cc(=O)[nH]2)s1. The number of hydrogen-bond donors (Lipinski definition) is 1. The van der Waals surface area contributed by atoms with E-state index in [-0.39, 0.29) is 5.56 Å². The Bertz CT molecular complexity index is 799. The second-order valence-electron chi connectivity index (χ2n) is 4.50. The molecular weight excluding hydrogens is 272 g/mol. The molecule has 3 heterocycles. The number of H-pyrrole nitrogens is 1. The predicted octanol–water partition coefficient (Wildman–Crippen LogP) is 2.46. The number of rotatable bonds is 3. The van der Waals surface area contributed by atoms with Gasteiger partial charge in [-0.05, 0) is 18.6 Å². The summed E-state index contributed by atoms with van der Waals surface area (Å²) in [4.78, 5) is 21.4. The number of aromatic amines is 1. The smallest absolute Gasteiger partial charge is 0.251 e. The maximum Gasteiger partial charge on any atom is 0.251 e. The Hall–Kier alpha value is -2.21. The number of nitrogens with zero attached hydrogens (tertiary/aromatic N) is 3. The molecule has 3 aromatic rings. The second-order valence-corrected chi connectivity index (χ2v) is 5.67. The topological polar surface area (TPSA) is 63.6 Å². The first-order chi connectivity index (χ1) is 9.65. The number of aromatic nitrogens is 4. The maximum atomic E-state index is 11.8. The molecule has 5 nitrogen and oxygen atoms in total. The summed E-state index contributed by atoms with van der Waals surface area (Å²) in [6.07, 6.45) is 4.53. The van der Waals surface area contributed by atoms with Gasteiger partial charge in [-0.3, -0.25) is 9.48 Å². The highest BCUT2D eigenvalue weighted by Gasteiger charge is 2.09. The summed E-state index contributed by atoms with van der Waals surface area (Å²) >= 11 is 1.65. The molecule has 0 bridgehead atoms. The maximum absolute atomic E-state index is 11.8. The lowest BCUT2D eigenvalue weighted by molar-refractivity contribution is 0.768. The van der Waals surface area contributed by atoms with Crippen LogP contribution in [0.4, 0.5) is 0 Å². The molecule has 20 heavy (non-hydrogen) atoms. The van der Waals surface area contributed by atoms with E-state index in [0.717, 1.165) is 16.9 Å². The van der Waals surface area contributed by atoms with Gasteiger partial charge < -0.3 is 4.98 Å². The zero-order valence-corrected chi connectivity index (χ0v) is 12.1. The van der Waals surface area contributed by atoms with E-state index in [2.05, 4.69) is 28.1 Å². The molecule has 0 radical (unpaired) electrons. The monoisotopic (exact) mass is 286 g/mol. The lowest BCUT2D eigenvalue weighted by atomic mass is 10.2. The summed E-state index contributed by atoms with van der Waals surface area (Å²) in [5.74, 6) is 0.612. The first-order valence-corrected chi connectivity index (χ1v) is 7.17. The molecule has 0 amide bonds. The lowest BCUT2D eigenvalue weighted by Crippen LogP contribution is -2.07. The second kappa shape index (κ2) is 5.05. The van der Waals surface area contributed by atoms with Gasteiger partial charge >= 0.3 is 0 Å². The van der Waals surface area contributed by atoms with Crippen LogP contribution in [0.2, 0.25) is 0 Å². The van der Waals surface area contributed by atoms with Gasteiger partial charge in [0.1, 0.15) is 0 Å². The standard InChI is InChI=1S/C14H14N4OS/c1-3-10-4-5-12(20-10)14-16-11(6-13(19)17-14)9-7-15-18(2)8-9/h4-8H,3H2,1-2H3,(H,16,17,19). The third-order valence-corrected chi connectivity index (χ3v) is 4.22. The van der Waals surface area contributed by atoms with Crippen molar-refractivity contribution in [2.75, 3.05) is 0 Å². The largest absolute Gasteiger partial charge is 0.306 e. The van der Waals surface area contributed by atoms with Crippen molar-refractivity contribution in [3.8, 4) is 22.0 Å². The van der Waals surface area contributed by atoms with Crippen LogP contribution in [0.25, 0.3) is 22.0 Å². The van der Waals surface area contributed by atoms with Crippen LogP contribution in [0, 0.1) is 0 Å². The molecule has 0 unspecified atom stereocenters. The van der Waals surface area contributed by atoms with Crippen molar-refractivity contribution in [1.29, 1.82) is 0 Å². The fourth-order valence-electron chi connectivity index (χ4n) is 1.97. The van der Waals surface area contributed by atoms with Gasteiger partial charge in [0.05, 0.1) is 16.8 Å². The molecule has 102 valence electrons. The Morgan fingerprint density at radius 2 is 2.25 bits per heavy atom. The van der Waals surface area contributed by atoms with E-state index in [9.17, 15) is 4.79 Å². The van der Waals surface area contributed by atoms with E-state index in [0.29, 0.717) is 11.5 Å². The van der Waals surface area contributed by atoms with Crippen molar-refractivity contribution in [2.24, 2.45) is 7.05 Å². The fraction of sp³-hybridized carbons (Fsp3) is 0.214. The summed E-state index contributed by atoms with van der Waals surface area (Å²) in [5, 5.41) is 4.11. The van der Waals surface area contributed by atoms with E-state index >= 15 is 0 Å². The van der Waals surface area contributed by atoms with Crippen LogP contribution in [-0.2, 0) is 13.5 Å². The summed E-state index contributed by atoms with van der Waals surface area (Å²) in [6, 6.07) is 5.56. The molecule has 0 spiro atoms. The van der Waals surface area contributed by atoms with Gasteiger partial charge in [-0.1, -0.05) is 6.92 Å². The molecule has 0 saturated heterocycles. The van der Waals surface area contributed by atoms with Crippen molar-refractivity contribution < 1.29 is 0 Å². The molecule has 0 aliphatic heterocycles. The van der Waals surface area contributed by atoms with Crippen LogP contribution in [0.1, 0.15) is 11.8 Å². The number of thiophene rings is 1. The minimum absolute atomic E-state index is 0.152. The Morgan fingerprint density at radius 3 is 2.90 bits per heavy atom. The molecule has 0 aromatic carbocycles. The van der Waals surface area contributed by atoms with E-state index in [1.165, 1.54) is 10.9 Å². The average Bonchev–Trinajstić information content (AvgIpc) is 3.06. The Labute approximate surface area is 119 Å². The fourth-order valence-corrected chi connectivity index (χ4v) is 2.86. The first kappa shape index (κ1) is 12.8. The van der Waals surface area contributed by atoms with Gasteiger partial charge in [0.15, 0.2) is 5.82 Å². The number of nitrogens with one attached hydrogen (secondary N) is 1.